The number of unbranched alkanes of at least 4 members (excludes halogenated alkanes) is 1. The average Bonchev–Trinajstić information content (AvgIpc) is 3.26. The molecule has 0 saturated carbocycles. The van der Waals surface area contributed by atoms with Gasteiger partial charge in [0.15, 0.2) is 5.16 Å². The summed E-state index contributed by atoms with van der Waals surface area (Å²) in [7, 11) is 0. The van der Waals surface area contributed by atoms with E-state index in [0.717, 1.165) is 52.0 Å². The van der Waals surface area contributed by atoms with Crippen LogP contribution in [0.25, 0.3) is 28.2 Å². The largest absolute Gasteiger partial charge is 0.356 e. The molecule has 0 aliphatic carbocycles. The highest BCUT2D eigenvalue weighted by Gasteiger charge is 2.21. The third-order valence-electron chi connectivity index (χ3n) is 5.77. The Labute approximate surface area is 219 Å². The van der Waals surface area contributed by atoms with Crippen LogP contribution in [0.4, 0.5) is 0 Å². The van der Waals surface area contributed by atoms with Gasteiger partial charge in [0, 0.05) is 35.5 Å². The first kappa shape index (κ1) is 25.8. The number of imidazole rings is 1. The van der Waals surface area contributed by atoms with Gasteiger partial charge in [0.1, 0.15) is 0 Å². The number of nitrogens with one attached hydrogen (secondary N) is 1. The number of benzene rings is 3. The Bertz CT molecular complexity index is 1250. The van der Waals surface area contributed by atoms with Crippen LogP contribution < -0.4 is 5.32 Å². The standard InChI is InChI=1S/C31H35N3OS/c1-31(2,3)23-27(35)32-21-13-14-22-36-30-33-28(24-15-7-4-8-16-24)29(25-17-9-5-10-18-25)34(30)26-19-11-6-12-20-26/h4-12,15-20H,13-14,21-23H2,1-3H3,(H,32,35). The normalized spacial score (nSPS) is 11.4. The van der Waals surface area contributed by atoms with Crippen LogP contribution in [0.1, 0.15) is 40.0 Å². The maximum Gasteiger partial charge on any atom is 0.220 e. The fraction of sp³-hybridized carbons (Fsp3) is 0.290. The predicted molar refractivity (Wildman–Crippen MR) is 151 cm³/mol. The number of nitrogens with zero attached hydrogens (tertiary/aromatic N) is 2. The molecule has 0 atom stereocenters. The van der Waals surface area contributed by atoms with Gasteiger partial charge in [-0.05, 0) is 30.4 Å². The lowest BCUT2D eigenvalue weighted by Crippen LogP contribution is -2.28. The molecule has 0 unspecified atom stereocenters. The first-order valence-electron chi connectivity index (χ1n) is 12.6. The first-order valence-corrected chi connectivity index (χ1v) is 13.6. The summed E-state index contributed by atoms with van der Waals surface area (Å²) in [6.45, 7) is 6.98. The second-order valence-corrected chi connectivity index (χ2v) is 11.2. The Hall–Kier alpha value is -3.31. The van der Waals surface area contributed by atoms with Gasteiger partial charge in [-0.3, -0.25) is 9.36 Å². The van der Waals surface area contributed by atoms with Crippen LogP contribution in [0.5, 0.6) is 0 Å². The molecule has 1 heterocycles. The number of para-hydroxylation sites is 1. The van der Waals surface area contributed by atoms with Crippen molar-refractivity contribution < 1.29 is 4.79 Å². The van der Waals surface area contributed by atoms with Crippen LogP contribution >= 0.6 is 11.8 Å². The van der Waals surface area contributed by atoms with E-state index in [9.17, 15) is 4.79 Å². The highest BCUT2D eigenvalue weighted by Crippen LogP contribution is 2.38. The van der Waals surface area contributed by atoms with Gasteiger partial charge in [0.05, 0.1) is 11.4 Å². The van der Waals surface area contributed by atoms with Gasteiger partial charge in [0.25, 0.3) is 0 Å². The van der Waals surface area contributed by atoms with Crippen LogP contribution in [-0.4, -0.2) is 27.8 Å². The molecule has 1 amide bonds. The molecular formula is C31H35N3OS. The van der Waals surface area contributed by atoms with Crippen molar-refractivity contribution in [3.05, 3.63) is 91.0 Å². The van der Waals surface area contributed by atoms with E-state index in [-0.39, 0.29) is 11.3 Å². The number of carbonyl (C=O) groups excluding carboxylic acids is 1. The van der Waals surface area contributed by atoms with Crippen LogP contribution in [0.3, 0.4) is 0 Å². The van der Waals surface area contributed by atoms with Crippen molar-refractivity contribution in [2.75, 3.05) is 12.3 Å². The summed E-state index contributed by atoms with van der Waals surface area (Å²) in [6, 6.07) is 31.4. The van der Waals surface area contributed by atoms with E-state index in [2.05, 4.69) is 103 Å². The Kier molecular flexibility index (Phi) is 8.65. The molecular weight excluding hydrogens is 462 g/mol. The Morgan fingerprint density at radius 1 is 0.833 bits per heavy atom. The Balaban J connectivity index is 1.57. The van der Waals surface area contributed by atoms with E-state index < -0.39 is 0 Å². The van der Waals surface area contributed by atoms with Crippen LogP contribution in [-0.2, 0) is 4.79 Å². The molecule has 4 nitrogen and oxygen atoms in total. The predicted octanol–water partition coefficient (Wildman–Crippen LogP) is 7.63. The quantitative estimate of drug-likeness (QED) is 0.181. The topological polar surface area (TPSA) is 46.9 Å². The summed E-state index contributed by atoms with van der Waals surface area (Å²) in [5, 5.41) is 4.04. The fourth-order valence-corrected chi connectivity index (χ4v) is 5.15. The molecule has 3 aromatic carbocycles. The van der Waals surface area contributed by atoms with E-state index in [4.69, 9.17) is 4.98 Å². The third-order valence-corrected chi connectivity index (χ3v) is 6.80. The smallest absolute Gasteiger partial charge is 0.220 e. The number of thioether (sulfide) groups is 1. The zero-order valence-corrected chi connectivity index (χ0v) is 22.2. The van der Waals surface area contributed by atoms with Crippen LogP contribution in [0, 0.1) is 5.41 Å². The van der Waals surface area contributed by atoms with Gasteiger partial charge >= 0.3 is 0 Å². The first-order chi connectivity index (χ1) is 17.4. The second-order valence-electron chi connectivity index (χ2n) is 10.1. The van der Waals surface area contributed by atoms with Crippen molar-refractivity contribution in [2.24, 2.45) is 5.41 Å². The molecule has 5 heteroatoms. The SMILES string of the molecule is CC(C)(C)CC(=O)NCCCCSc1nc(-c2ccccc2)c(-c2ccccc2)n1-c1ccccc1. The van der Waals surface area contributed by atoms with Gasteiger partial charge in [-0.2, -0.15) is 0 Å². The van der Waals surface area contributed by atoms with Crippen LogP contribution in [0.2, 0.25) is 0 Å². The number of hydrogen-bond acceptors (Lipinski definition) is 3. The molecule has 0 bridgehead atoms. The van der Waals surface area contributed by atoms with Crippen molar-refractivity contribution in [1.29, 1.82) is 0 Å². The van der Waals surface area contributed by atoms with Gasteiger partial charge in [-0.15, -0.1) is 0 Å². The van der Waals surface area contributed by atoms with E-state index in [0.29, 0.717) is 13.0 Å². The second kappa shape index (κ2) is 12.1. The maximum atomic E-state index is 12.1. The van der Waals surface area contributed by atoms with E-state index in [1.165, 1.54) is 0 Å². The monoisotopic (exact) mass is 497 g/mol. The average molecular weight is 498 g/mol. The lowest BCUT2D eigenvalue weighted by atomic mass is 9.92. The van der Waals surface area contributed by atoms with Crippen molar-refractivity contribution in [2.45, 2.75) is 45.2 Å². The molecule has 1 aromatic heterocycles. The zero-order valence-electron chi connectivity index (χ0n) is 21.4. The summed E-state index contributed by atoms with van der Waals surface area (Å²) in [5.41, 5.74) is 5.45. The highest BCUT2D eigenvalue weighted by atomic mass is 32.2. The van der Waals surface area contributed by atoms with Crippen molar-refractivity contribution >= 4 is 17.7 Å². The molecule has 0 fully saturated rings. The van der Waals surface area contributed by atoms with Crippen LogP contribution in [0.15, 0.2) is 96.2 Å². The number of amides is 1. The number of carbonyl (C=O) groups is 1. The van der Waals surface area contributed by atoms with Crippen molar-refractivity contribution in [3.63, 3.8) is 0 Å². The Morgan fingerprint density at radius 3 is 2.03 bits per heavy atom. The zero-order chi connectivity index (χ0) is 25.4. The molecule has 36 heavy (non-hydrogen) atoms. The van der Waals surface area contributed by atoms with Crippen molar-refractivity contribution in [1.82, 2.24) is 14.9 Å². The molecule has 186 valence electrons. The minimum atomic E-state index is 0.0152. The Morgan fingerprint density at radius 2 is 1.42 bits per heavy atom. The molecule has 0 radical (unpaired) electrons. The minimum Gasteiger partial charge on any atom is -0.356 e. The third kappa shape index (κ3) is 6.88. The van der Waals surface area contributed by atoms with E-state index in [1.54, 1.807) is 11.8 Å². The summed E-state index contributed by atoms with van der Waals surface area (Å²) in [5.74, 6) is 1.07. The maximum absolute atomic E-state index is 12.1. The van der Waals surface area contributed by atoms with Crippen molar-refractivity contribution in [3.8, 4) is 28.2 Å². The molecule has 0 spiro atoms. The lowest BCUT2D eigenvalue weighted by Gasteiger charge is -2.17. The molecule has 1 N–H and O–H groups in total. The minimum absolute atomic E-state index is 0.0152. The van der Waals surface area contributed by atoms with E-state index >= 15 is 0 Å². The molecule has 4 aromatic rings. The van der Waals surface area contributed by atoms with Gasteiger partial charge in [-0.1, -0.05) is 111 Å². The summed E-state index contributed by atoms with van der Waals surface area (Å²) >= 11 is 1.77. The number of aromatic nitrogens is 2. The fourth-order valence-electron chi connectivity index (χ4n) is 4.14. The lowest BCUT2D eigenvalue weighted by molar-refractivity contribution is -0.122. The molecule has 0 saturated heterocycles. The van der Waals surface area contributed by atoms with Gasteiger partial charge in [-0.25, -0.2) is 4.98 Å². The summed E-state index contributed by atoms with van der Waals surface area (Å²) in [6.07, 6.45) is 2.51. The van der Waals surface area contributed by atoms with Gasteiger partial charge < -0.3 is 5.32 Å². The number of rotatable bonds is 10. The molecule has 0 aliphatic rings. The molecule has 4 rings (SSSR count). The summed E-state index contributed by atoms with van der Waals surface area (Å²) < 4.78 is 2.29. The summed E-state index contributed by atoms with van der Waals surface area (Å²) in [4.78, 5) is 17.3. The number of hydrogen-bond donors (Lipinski definition) is 1. The molecule has 0 aliphatic heterocycles. The van der Waals surface area contributed by atoms with E-state index in [1.807, 2.05) is 18.2 Å². The van der Waals surface area contributed by atoms with Gasteiger partial charge in [0.2, 0.25) is 5.91 Å². The highest BCUT2D eigenvalue weighted by molar-refractivity contribution is 7.99.